The topological polar surface area (TPSA) is 88.2 Å². The molecule has 2 N–H and O–H groups in total. The molecule has 0 atom stereocenters. The van der Waals surface area contributed by atoms with Crippen molar-refractivity contribution in [3.63, 3.8) is 0 Å². The molecule has 2 aromatic carbocycles. The number of benzene rings is 2. The average molecular weight is 357 g/mol. The van der Waals surface area contributed by atoms with E-state index < -0.39 is 5.91 Å². The second kappa shape index (κ2) is 6.49. The fourth-order valence-corrected chi connectivity index (χ4v) is 2.92. The first-order valence-corrected chi connectivity index (χ1v) is 8.35. The number of hydrogen-bond donors (Lipinski definition) is 2. The largest absolute Gasteiger partial charge is 0.321 e. The number of carbonyl (C=O) groups is 3. The van der Waals surface area contributed by atoms with Gasteiger partial charge in [0.1, 0.15) is 5.69 Å². The van der Waals surface area contributed by atoms with Crippen molar-refractivity contribution in [2.24, 2.45) is 0 Å². The predicted octanol–water partition coefficient (Wildman–Crippen LogP) is 3.19. The maximum Gasteiger partial charge on any atom is 0.274 e. The quantitative estimate of drug-likeness (QED) is 0.705. The molecule has 0 aliphatic carbocycles. The van der Waals surface area contributed by atoms with Gasteiger partial charge in [-0.1, -0.05) is 24.3 Å². The summed E-state index contributed by atoms with van der Waals surface area (Å²) in [6.45, 7) is 1.91. The first-order valence-electron chi connectivity index (χ1n) is 8.35. The highest BCUT2D eigenvalue weighted by Gasteiger charge is 2.26. The van der Waals surface area contributed by atoms with Crippen molar-refractivity contribution in [3.8, 4) is 11.1 Å². The molecule has 2 heterocycles. The van der Waals surface area contributed by atoms with Crippen molar-refractivity contribution in [2.45, 2.75) is 6.92 Å². The van der Waals surface area contributed by atoms with Crippen molar-refractivity contribution >= 4 is 23.4 Å². The molecule has 0 bridgehead atoms. The molecule has 0 saturated carbocycles. The lowest BCUT2D eigenvalue weighted by Crippen LogP contribution is -2.19. The summed E-state index contributed by atoms with van der Waals surface area (Å²) in [5, 5.41) is 5.10. The zero-order valence-electron chi connectivity index (χ0n) is 14.4. The standard InChI is InChI=1S/C21H15N3O3/c1-12-5-8-18(22-11-12)21(27)23-15-4-2-3-13(9-15)14-6-7-16-17(10-14)20(26)24-19(16)25/h2-11H,1H3,(H,23,27)(H,24,25,26). The van der Waals surface area contributed by atoms with Crippen molar-refractivity contribution < 1.29 is 14.4 Å². The summed E-state index contributed by atoms with van der Waals surface area (Å²) in [5.74, 6) is -1.08. The SMILES string of the molecule is Cc1ccc(C(=O)Nc2cccc(-c3ccc4c(c3)C(=O)NC4=O)c2)nc1. The summed E-state index contributed by atoms with van der Waals surface area (Å²) >= 11 is 0. The molecule has 0 spiro atoms. The minimum absolute atomic E-state index is 0.300. The summed E-state index contributed by atoms with van der Waals surface area (Å²) in [7, 11) is 0. The van der Waals surface area contributed by atoms with E-state index in [1.807, 2.05) is 31.2 Å². The molecular formula is C21H15N3O3. The van der Waals surface area contributed by atoms with Gasteiger partial charge in [0.25, 0.3) is 17.7 Å². The van der Waals surface area contributed by atoms with Crippen LogP contribution in [0.25, 0.3) is 11.1 Å². The summed E-state index contributed by atoms with van der Waals surface area (Å²) in [4.78, 5) is 40.0. The Balaban J connectivity index is 1.61. The summed E-state index contributed by atoms with van der Waals surface area (Å²) < 4.78 is 0. The number of carbonyl (C=O) groups excluding carboxylic acids is 3. The van der Waals surface area contributed by atoms with Crippen LogP contribution in [0.15, 0.2) is 60.8 Å². The van der Waals surface area contributed by atoms with Gasteiger partial charge in [-0.3, -0.25) is 24.7 Å². The Kier molecular flexibility index (Phi) is 4.01. The first-order chi connectivity index (χ1) is 13.0. The Bertz CT molecular complexity index is 1090. The van der Waals surface area contributed by atoms with Crippen LogP contribution in [-0.4, -0.2) is 22.7 Å². The van der Waals surface area contributed by atoms with Crippen LogP contribution in [0.5, 0.6) is 0 Å². The average Bonchev–Trinajstić information content (AvgIpc) is 2.96. The highest BCUT2D eigenvalue weighted by molar-refractivity contribution is 6.21. The van der Waals surface area contributed by atoms with E-state index in [0.717, 1.165) is 16.7 Å². The van der Waals surface area contributed by atoms with E-state index in [1.54, 1.807) is 36.5 Å². The van der Waals surface area contributed by atoms with Gasteiger partial charge >= 0.3 is 0 Å². The number of anilines is 1. The van der Waals surface area contributed by atoms with Crippen LogP contribution in [0.2, 0.25) is 0 Å². The Labute approximate surface area is 155 Å². The predicted molar refractivity (Wildman–Crippen MR) is 101 cm³/mol. The molecule has 0 fully saturated rings. The molecule has 1 aliphatic rings. The second-order valence-electron chi connectivity index (χ2n) is 6.30. The van der Waals surface area contributed by atoms with Gasteiger partial charge in [-0.25, -0.2) is 0 Å². The van der Waals surface area contributed by atoms with Crippen LogP contribution in [-0.2, 0) is 0 Å². The molecule has 132 valence electrons. The van der Waals surface area contributed by atoms with Gasteiger partial charge in [-0.15, -0.1) is 0 Å². The summed E-state index contributed by atoms with van der Waals surface area (Å²) in [6.07, 6.45) is 1.64. The maximum atomic E-state index is 12.3. The Hall–Kier alpha value is -3.80. The number of imide groups is 1. The third-order valence-corrected chi connectivity index (χ3v) is 4.33. The van der Waals surface area contributed by atoms with Gasteiger partial charge in [-0.2, -0.15) is 0 Å². The first kappa shape index (κ1) is 16.7. The van der Waals surface area contributed by atoms with E-state index >= 15 is 0 Å². The van der Waals surface area contributed by atoms with E-state index in [-0.39, 0.29) is 11.8 Å². The third-order valence-electron chi connectivity index (χ3n) is 4.33. The normalized spacial score (nSPS) is 12.5. The molecule has 6 heteroatoms. The van der Waals surface area contributed by atoms with E-state index in [0.29, 0.717) is 22.5 Å². The minimum atomic E-state index is -0.397. The smallest absolute Gasteiger partial charge is 0.274 e. The molecule has 0 saturated heterocycles. The van der Waals surface area contributed by atoms with Crippen LogP contribution < -0.4 is 10.6 Å². The molecule has 0 radical (unpaired) electrons. The number of aromatic nitrogens is 1. The van der Waals surface area contributed by atoms with Gasteiger partial charge in [0, 0.05) is 11.9 Å². The fourth-order valence-electron chi connectivity index (χ4n) is 2.92. The van der Waals surface area contributed by atoms with Gasteiger partial charge in [0.15, 0.2) is 0 Å². The number of fused-ring (bicyclic) bond motifs is 1. The van der Waals surface area contributed by atoms with Gasteiger partial charge in [-0.05, 0) is 53.9 Å². The number of aryl methyl sites for hydroxylation is 1. The van der Waals surface area contributed by atoms with E-state index in [9.17, 15) is 14.4 Å². The molecule has 1 aromatic heterocycles. The van der Waals surface area contributed by atoms with Crippen LogP contribution in [0.4, 0.5) is 5.69 Å². The molecule has 6 nitrogen and oxygen atoms in total. The van der Waals surface area contributed by atoms with E-state index in [2.05, 4.69) is 15.6 Å². The van der Waals surface area contributed by atoms with Crippen molar-refractivity contribution in [1.29, 1.82) is 0 Å². The van der Waals surface area contributed by atoms with Gasteiger partial charge < -0.3 is 5.32 Å². The molecule has 4 rings (SSSR count). The zero-order valence-corrected chi connectivity index (χ0v) is 14.4. The lowest BCUT2D eigenvalue weighted by atomic mass is 10.00. The van der Waals surface area contributed by atoms with Gasteiger partial charge in [0.05, 0.1) is 11.1 Å². The number of nitrogens with zero attached hydrogens (tertiary/aromatic N) is 1. The van der Waals surface area contributed by atoms with E-state index in [4.69, 9.17) is 0 Å². The van der Waals surface area contributed by atoms with Gasteiger partial charge in [0.2, 0.25) is 0 Å². The monoisotopic (exact) mass is 357 g/mol. The molecule has 27 heavy (non-hydrogen) atoms. The lowest BCUT2D eigenvalue weighted by Gasteiger charge is -2.08. The second-order valence-corrected chi connectivity index (χ2v) is 6.30. The number of hydrogen-bond acceptors (Lipinski definition) is 4. The maximum absolute atomic E-state index is 12.3. The van der Waals surface area contributed by atoms with Crippen LogP contribution in [0.1, 0.15) is 36.8 Å². The molecular weight excluding hydrogens is 342 g/mol. The van der Waals surface area contributed by atoms with Crippen LogP contribution in [0.3, 0.4) is 0 Å². The summed E-state index contributed by atoms with van der Waals surface area (Å²) in [6, 6.07) is 15.9. The number of nitrogens with one attached hydrogen (secondary N) is 2. The number of amides is 3. The Morgan fingerprint density at radius 1 is 0.926 bits per heavy atom. The van der Waals surface area contributed by atoms with E-state index in [1.165, 1.54) is 0 Å². The van der Waals surface area contributed by atoms with Crippen LogP contribution in [0, 0.1) is 6.92 Å². The van der Waals surface area contributed by atoms with Crippen molar-refractivity contribution in [3.05, 3.63) is 83.2 Å². The zero-order chi connectivity index (χ0) is 19.0. The minimum Gasteiger partial charge on any atom is -0.321 e. The molecule has 1 aliphatic heterocycles. The van der Waals surface area contributed by atoms with Crippen LogP contribution >= 0.6 is 0 Å². The third kappa shape index (κ3) is 3.20. The fraction of sp³-hybridized carbons (Fsp3) is 0.0476. The highest BCUT2D eigenvalue weighted by atomic mass is 16.2. The number of pyridine rings is 1. The number of rotatable bonds is 3. The Morgan fingerprint density at radius 3 is 2.48 bits per heavy atom. The molecule has 0 unspecified atom stereocenters. The highest BCUT2D eigenvalue weighted by Crippen LogP contribution is 2.27. The van der Waals surface area contributed by atoms with Crippen molar-refractivity contribution in [1.82, 2.24) is 10.3 Å². The Morgan fingerprint density at radius 2 is 1.70 bits per heavy atom. The lowest BCUT2D eigenvalue weighted by molar-refractivity contribution is 0.0878. The van der Waals surface area contributed by atoms with Crippen molar-refractivity contribution in [2.75, 3.05) is 5.32 Å². The summed E-state index contributed by atoms with van der Waals surface area (Å²) in [5.41, 5.74) is 4.25. The molecule has 3 amide bonds. The molecule has 3 aromatic rings.